The lowest BCUT2D eigenvalue weighted by Gasteiger charge is -2.08. The summed E-state index contributed by atoms with van der Waals surface area (Å²) in [6, 6.07) is 21.8. The van der Waals surface area contributed by atoms with Crippen LogP contribution in [-0.4, -0.2) is 17.5 Å². The summed E-state index contributed by atoms with van der Waals surface area (Å²) >= 11 is 0. The number of aromatic amines is 1. The third-order valence-corrected chi connectivity index (χ3v) is 4.49. The summed E-state index contributed by atoms with van der Waals surface area (Å²) < 4.78 is 5.56. The quantitative estimate of drug-likeness (QED) is 0.541. The zero-order valence-corrected chi connectivity index (χ0v) is 14.6. The van der Waals surface area contributed by atoms with E-state index in [1.807, 2.05) is 60.7 Å². The molecule has 26 heavy (non-hydrogen) atoms. The van der Waals surface area contributed by atoms with Gasteiger partial charge in [0, 0.05) is 27.5 Å². The molecule has 0 aliphatic rings. The van der Waals surface area contributed by atoms with Crippen LogP contribution in [-0.2, 0) is 11.2 Å². The van der Waals surface area contributed by atoms with Crippen LogP contribution < -0.4 is 10.1 Å². The monoisotopic (exact) mass is 344 g/mol. The van der Waals surface area contributed by atoms with Crippen molar-refractivity contribution in [3.63, 3.8) is 0 Å². The molecular formula is C22H20N2O2. The highest BCUT2D eigenvalue weighted by Crippen LogP contribution is 2.27. The summed E-state index contributed by atoms with van der Waals surface area (Å²) in [7, 11) is 0. The van der Waals surface area contributed by atoms with E-state index in [-0.39, 0.29) is 12.5 Å². The number of carbonyl (C=O) groups excluding carboxylic acids is 1. The fourth-order valence-corrected chi connectivity index (χ4v) is 3.09. The molecule has 3 aromatic carbocycles. The molecule has 0 radical (unpaired) electrons. The first-order valence-corrected chi connectivity index (χ1v) is 8.75. The minimum absolute atomic E-state index is 0.0165. The lowest BCUT2D eigenvalue weighted by atomic mass is 10.1. The lowest BCUT2D eigenvalue weighted by molar-refractivity contribution is -0.118. The van der Waals surface area contributed by atoms with Gasteiger partial charge in [-0.25, -0.2) is 0 Å². The minimum atomic E-state index is -0.177. The van der Waals surface area contributed by atoms with Gasteiger partial charge in [0.25, 0.3) is 5.91 Å². The Morgan fingerprint density at radius 1 is 0.962 bits per heavy atom. The molecule has 4 heteroatoms. The van der Waals surface area contributed by atoms with Crippen LogP contribution in [0.3, 0.4) is 0 Å². The standard InChI is InChI=1S/C22H20N2O2/c1-2-15-7-10-17(11-8-15)26-14-22(25)23-16-9-12-21-19(13-16)18-5-3-4-6-20(18)24-21/h3-13,24H,2,14H2,1H3,(H,23,25). The molecule has 0 saturated carbocycles. The summed E-state index contributed by atoms with van der Waals surface area (Å²) in [5, 5.41) is 5.14. The first-order chi connectivity index (χ1) is 12.7. The van der Waals surface area contributed by atoms with Gasteiger partial charge in [0.1, 0.15) is 5.75 Å². The number of nitrogens with one attached hydrogen (secondary N) is 2. The van der Waals surface area contributed by atoms with Gasteiger partial charge in [-0.1, -0.05) is 37.3 Å². The van der Waals surface area contributed by atoms with Crippen molar-refractivity contribution >= 4 is 33.4 Å². The normalized spacial score (nSPS) is 11.0. The van der Waals surface area contributed by atoms with Crippen LogP contribution in [0.25, 0.3) is 21.8 Å². The summed E-state index contributed by atoms with van der Waals surface area (Å²) in [4.78, 5) is 15.6. The van der Waals surface area contributed by atoms with Crippen LogP contribution in [0.4, 0.5) is 5.69 Å². The Balaban J connectivity index is 1.45. The van der Waals surface area contributed by atoms with Crippen LogP contribution in [0.5, 0.6) is 5.75 Å². The molecule has 4 rings (SSSR count). The smallest absolute Gasteiger partial charge is 0.262 e. The highest BCUT2D eigenvalue weighted by molar-refractivity contribution is 6.09. The van der Waals surface area contributed by atoms with Crippen molar-refractivity contribution in [3.8, 4) is 5.75 Å². The first kappa shape index (κ1) is 16.2. The number of carbonyl (C=O) groups is 1. The van der Waals surface area contributed by atoms with Gasteiger partial charge in [0.15, 0.2) is 6.61 Å². The van der Waals surface area contributed by atoms with E-state index in [0.717, 1.165) is 33.9 Å². The second-order valence-electron chi connectivity index (χ2n) is 6.27. The second-order valence-corrected chi connectivity index (χ2v) is 6.27. The van der Waals surface area contributed by atoms with Crippen molar-refractivity contribution in [1.29, 1.82) is 0 Å². The van der Waals surface area contributed by atoms with Gasteiger partial charge in [0.2, 0.25) is 0 Å². The zero-order valence-electron chi connectivity index (χ0n) is 14.6. The van der Waals surface area contributed by atoms with Gasteiger partial charge < -0.3 is 15.0 Å². The Morgan fingerprint density at radius 2 is 1.73 bits per heavy atom. The predicted octanol–water partition coefficient (Wildman–Crippen LogP) is 4.90. The molecule has 0 atom stereocenters. The fraction of sp³-hybridized carbons (Fsp3) is 0.136. The Hall–Kier alpha value is -3.27. The average Bonchev–Trinajstić information content (AvgIpc) is 3.05. The summed E-state index contributed by atoms with van der Waals surface area (Å²) in [6.07, 6.45) is 0.983. The van der Waals surface area contributed by atoms with Gasteiger partial charge in [-0.2, -0.15) is 0 Å². The molecular weight excluding hydrogens is 324 g/mol. The van der Waals surface area contributed by atoms with Gasteiger partial charge in [-0.3, -0.25) is 4.79 Å². The van der Waals surface area contributed by atoms with Crippen LogP contribution in [0.15, 0.2) is 66.7 Å². The number of hydrogen-bond donors (Lipinski definition) is 2. The van der Waals surface area contributed by atoms with Gasteiger partial charge in [-0.15, -0.1) is 0 Å². The molecule has 4 nitrogen and oxygen atoms in total. The molecule has 0 spiro atoms. The number of amides is 1. The van der Waals surface area contributed by atoms with Crippen molar-refractivity contribution in [3.05, 3.63) is 72.3 Å². The lowest BCUT2D eigenvalue weighted by Crippen LogP contribution is -2.20. The maximum absolute atomic E-state index is 12.2. The van der Waals surface area contributed by atoms with E-state index in [1.54, 1.807) is 0 Å². The third-order valence-electron chi connectivity index (χ3n) is 4.49. The number of benzene rings is 3. The van der Waals surface area contributed by atoms with Gasteiger partial charge >= 0.3 is 0 Å². The number of aryl methyl sites for hydroxylation is 1. The van der Waals surface area contributed by atoms with Crippen LogP contribution in [0, 0.1) is 0 Å². The largest absolute Gasteiger partial charge is 0.484 e. The third kappa shape index (κ3) is 3.26. The van der Waals surface area contributed by atoms with E-state index >= 15 is 0 Å². The number of anilines is 1. The Morgan fingerprint density at radius 3 is 2.54 bits per heavy atom. The Labute approximate surface area is 151 Å². The fourth-order valence-electron chi connectivity index (χ4n) is 3.09. The highest BCUT2D eigenvalue weighted by atomic mass is 16.5. The molecule has 1 heterocycles. The highest BCUT2D eigenvalue weighted by Gasteiger charge is 2.07. The SMILES string of the molecule is CCc1ccc(OCC(=O)Nc2ccc3[nH]c4ccccc4c3c2)cc1. The van der Waals surface area contributed by atoms with Crippen molar-refractivity contribution < 1.29 is 9.53 Å². The molecule has 2 N–H and O–H groups in total. The maximum atomic E-state index is 12.2. The summed E-state index contributed by atoms with van der Waals surface area (Å²) in [5.41, 5.74) is 4.15. The van der Waals surface area contributed by atoms with Crippen LogP contribution in [0.2, 0.25) is 0 Å². The number of para-hydroxylation sites is 1. The molecule has 0 aliphatic heterocycles. The molecule has 0 unspecified atom stereocenters. The molecule has 1 aromatic heterocycles. The van der Waals surface area contributed by atoms with E-state index < -0.39 is 0 Å². The number of H-pyrrole nitrogens is 1. The van der Waals surface area contributed by atoms with E-state index in [4.69, 9.17) is 4.74 Å². The molecule has 4 aromatic rings. The van der Waals surface area contributed by atoms with Crippen LogP contribution >= 0.6 is 0 Å². The second kappa shape index (κ2) is 6.92. The molecule has 0 bridgehead atoms. The molecule has 0 fully saturated rings. The summed E-state index contributed by atoms with van der Waals surface area (Å²) in [5.74, 6) is 0.521. The number of aromatic nitrogens is 1. The number of hydrogen-bond acceptors (Lipinski definition) is 2. The Kier molecular flexibility index (Phi) is 4.32. The molecule has 130 valence electrons. The Bertz CT molecular complexity index is 1060. The zero-order chi connectivity index (χ0) is 17.9. The van der Waals surface area contributed by atoms with Crippen molar-refractivity contribution in [2.24, 2.45) is 0 Å². The maximum Gasteiger partial charge on any atom is 0.262 e. The first-order valence-electron chi connectivity index (χ1n) is 8.75. The molecule has 1 amide bonds. The van der Waals surface area contributed by atoms with Crippen LogP contribution in [0.1, 0.15) is 12.5 Å². The minimum Gasteiger partial charge on any atom is -0.484 e. The van der Waals surface area contributed by atoms with E-state index in [9.17, 15) is 4.79 Å². The van der Waals surface area contributed by atoms with Gasteiger partial charge in [-0.05, 0) is 48.4 Å². The average molecular weight is 344 g/mol. The van der Waals surface area contributed by atoms with E-state index in [0.29, 0.717) is 5.75 Å². The number of rotatable bonds is 5. The topological polar surface area (TPSA) is 54.1 Å². The predicted molar refractivity (Wildman–Crippen MR) is 106 cm³/mol. The van der Waals surface area contributed by atoms with Crippen molar-refractivity contribution in [1.82, 2.24) is 4.98 Å². The summed E-state index contributed by atoms with van der Waals surface area (Å²) in [6.45, 7) is 2.09. The van der Waals surface area contributed by atoms with Gasteiger partial charge in [0.05, 0.1) is 0 Å². The van der Waals surface area contributed by atoms with Crippen molar-refractivity contribution in [2.75, 3.05) is 11.9 Å². The molecule has 0 aliphatic carbocycles. The van der Waals surface area contributed by atoms with E-state index in [1.165, 1.54) is 5.56 Å². The molecule has 0 saturated heterocycles. The van der Waals surface area contributed by atoms with E-state index in [2.05, 4.69) is 23.3 Å². The number of fused-ring (bicyclic) bond motifs is 3. The number of ether oxygens (including phenoxy) is 1. The van der Waals surface area contributed by atoms with Crippen molar-refractivity contribution in [2.45, 2.75) is 13.3 Å².